The Kier molecular flexibility index (Phi) is 3.33. The molecule has 11 heavy (non-hydrogen) atoms. The predicted molar refractivity (Wildman–Crippen MR) is 30.6 cm³/mol. The van der Waals surface area contributed by atoms with Crippen LogP contribution in [0.3, 0.4) is 0 Å². The molecule has 5 nitrogen and oxygen atoms in total. The highest BCUT2D eigenvalue weighted by Crippen LogP contribution is 2.00. The van der Waals surface area contributed by atoms with Crippen LogP contribution in [0.1, 0.15) is 0 Å². The highest BCUT2D eigenvalue weighted by Gasteiger charge is 2.23. The third-order valence-corrected chi connectivity index (χ3v) is 1.67. The molecule has 0 fully saturated rings. The maximum absolute atomic E-state index is 11.4. The number of hydrogen-bond donors (Lipinski definition) is 2. The number of sulfonamides is 1. The summed E-state index contributed by atoms with van der Waals surface area (Å²) in [5.41, 5.74) is 0. The van der Waals surface area contributed by atoms with E-state index in [1.54, 1.807) is 0 Å². The van der Waals surface area contributed by atoms with Crippen LogP contribution in [0.5, 0.6) is 0 Å². The highest BCUT2D eigenvalue weighted by molar-refractivity contribution is 7.89. The van der Waals surface area contributed by atoms with Crippen molar-refractivity contribution < 1.29 is 27.1 Å². The van der Waals surface area contributed by atoms with Gasteiger partial charge in [-0.3, -0.25) is 4.79 Å². The largest absolute Gasteiger partial charge is 0.480 e. The van der Waals surface area contributed by atoms with E-state index in [1.165, 1.54) is 4.72 Å². The summed E-state index contributed by atoms with van der Waals surface area (Å²) in [5, 5.41) is 7.89. The Hall–Kier alpha value is -0.760. The SMILES string of the molecule is O=C(O)CNS(=O)(=O)C(F)F. The zero-order valence-corrected chi connectivity index (χ0v) is 5.94. The summed E-state index contributed by atoms with van der Waals surface area (Å²) in [5.74, 6) is -5.11. The van der Waals surface area contributed by atoms with E-state index >= 15 is 0 Å². The summed E-state index contributed by atoms with van der Waals surface area (Å²) in [4.78, 5) is 9.70. The van der Waals surface area contributed by atoms with E-state index in [-0.39, 0.29) is 0 Å². The van der Waals surface area contributed by atoms with Gasteiger partial charge in [0.1, 0.15) is 6.54 Å². The van der Waals surface area contributed by atoms with Gasteiger partial charge in [0.05, 0.1) is 0 Å². The number of carboxylic acids is 1. The number of carboxylic acid groups (broad SMARTS) is 1. The lowest BCUT2D eigenvalue weighted by Crippen LogP contribution is -2.33. The maximum atomic E-state index is 11.4. The molecule has 0 spiro atoms. The van der Waals surface area contributed by atoms with E-state index in [9.17, 15) is 22.0 Å². The minimum absolute atomic E-state index is 1.04. The van der Waals surface area contributed by atoms with Crippen LogP contribution in [0.4, 0.5) is 8.78 Å². The molecule has 0 rings (SSSR count). The van der Waals surface area contributed by atoms with E-state index in [1.807, 2.05) is 0 Å². The zero-order chi connectivity index (χ0) is 9.07. The number of hydrogen-bond acceptors (Lipinski definition) is 3. The number of rotatable bonds is 4. The fourth-order valence-corrected chi connectivity index (χ4v) is 0.676. The average Bonchev–Trinajstić information content (AvgIpc) is 1.84. The molecule has 0 unspecified atom stereocenters. The van der Waals surface area contributed by atoms with Crippen LogP contribution < -0.4 is 4.72 Å². The van der Waals surface area contributed by atoms with Crippen molar-refractivity contribution in [2.75, 3.05) is 6.54 Å². The molecule has 0 amide bonds. The molecule has 8 heteroatoms. The Morgan fingerprint density at radius 3 is 2.27 bits per heavy atom. The van der Waals surface area contributed by atoms with Crippen LogP contribution in [0, 0.1) is 0 Å². The van der Waals surface area contributed by atoms with Gasteiger partial charge in [0.25, 0.3) is 10.0 Å². The van der Waals surface area contributed by atoms with Crippen molar-refractivity contribution in [3.8, 4) is 0 Å². The smallest absolute Gasteiger partial charge is 0.350 e. The Bertz CT molecular complexity index is 236. The number of aliphatic carboxylic acids is 1. The average molecular weight is 189 g/mol. The number of nitrogens with one attached hydrogen (secondary N) is 1. The van der Waals surface area contributed by atoms with E-state index < -0.39 is 28.3 Å². The van der Waals surface area contributed by atoms with Gasteiger partial charge in [-0.05, 0) is 0 Å². The van der Waals surface area contributed by atoms with Gasteiger partial charge >= 0.3 is 11.7 Å². The summed E-state index contributed by atoms with van der Waals surface area (Å²) >= 11 is 0. The van der Waals surface area contributed by atoms with E-state index in [4.69, 9.17) is 5.11 Å². The normalized spacial score (nSPS) is 11.9. The lowest BCUT2D eigenvalue weighted by Gasteiger charge is -2.00. The molecule has 0 aromatic heterocycles. The van der Waals surface area contributed by atoms with Crippen molar-refractivity contribution in [3.63, 3.8) is 0 Å². The fourth-order valence-electron chi connectivity index (χ4n) is 0.225. The quantitative estimate of drug-likeness (QED) is 0.607. The standard InChI is InChI=1S/C3H5F2NO4S/c4-3(5)11(9,10)6-1-2(7)8/h3,6H,1H2,(H,7,8). The molecule has 66 valence electrons. The zero-order valence-electron chi connectivity index (χ0n) is 5.12. The molecular formula is C3H5F2NO4S. The summed E-state index contributed by atoms with van der Waals surface area (Å²) < 4.78 is 44.2. The van der Waals surface area contributed by atoms with Crippen molar-refractivity contribution in [2.24, 2.45) is 0 Å². The Morgan fingerprint density at radius 1 is 1.55 bits per heavy atom. The molecular weight excluding hydrogens is 184 g/mol. The second-order valence-corrected chi connectivity index (χ2v) is 3.26. The van der Waals surface area contributed by atoms with Gasteiger partial charge in [-0.15, -0.1) is 0 Å². The maximum Gasteiger partial charge on any atom is 0.350 e. The molecule has 0 saturated carbocycles. The Labute approximate surface area is 61.1 Å². The molecule has 0 heterocycles. The molecule has 0 bridgehead atoms. The van der Waals surface area contributed by atoms with Crippen molar-refractivity contribution in [1.29, 1.82) is 0 Å². The second kappa shape index (κ2) is 3.58. The van der Waals surface area contributed by atoms with Crippen molar-refractivity contribution in [1.82, 2.24) is 4.72 Å². The Balaban J connectivity index is 4.05. The first-order valence-corrected chi connectivity index (χ1v) is 3.89. The summed E-state index contributed by atoms with van der Waals surface area (Å²) in [6.07, 6.45) is 0. The van der Waals surface area contributed by atoms with E-state index in [0.29, 0.717) is 0 Å². The van der Waals surface area contributed by atoms with Crippen LogP contribution in [0.25, 0.3) is 0 Å². The molecule has 2 N–H and O–H groups in total. The third kappa shape index (κ3) is 3.83. The van der Waals surface area contributed by atoms with Gasteiger partial charge in [0, 0.05) is 0 Å². The second-order valence-electron chi connectivity index (χ2n) is 1.52. The molecule has 0 aliphatic rings. The first kappa shape index (κ1) is 10.2. The van der Waals surface area contributed by atoms with Crippen molar-refractivity contribution >= 4 is 16.0 Å². The van der Waals surface area contributed by atoms with Crippen LogP contribution >= 0.6 is 0 Å². The van der Waals surface area contributed by atoms with Crippen LogP contribution in [0.2, 0.25) is 0 Å². The first-order valence-electron chi connectivity index (χ1n) is 2.34. The van der Waals surface area contributed by atoms with Gasteiger partial charge in [-0.2, -0.15) is 13.5 Å². The number of alkyl halides is 2. The molecule has 0 aliphatic carbocycles. The minimum Gasteiger partial charge on any atom is -0.480 e. The first-order chi connectivity index (χ1) is 4.86. The Morgan fingerprint density at radius 2 is 2.00 bits per heavy atom. The molecule has 0 radical (unpaired) electrons. The predicted octanol–water partition coefficient (Wildman–Crippen LogP) is -0.787. The summed E-state index contributed by atoms with van der Waals surface area (Å²) in [6.45, 7) is -1.04. The fraction of sp³-hybridized carbons (Fsp3) is 0.667. The molecule has 0 aromatic carbocycles. The topological polar surface area (TPSA) is 83.5 Å². The minimum atomic E-state index is -4.76. The van der Waals surface area contributed by atoms with Gasteiger partial charge in [0.2, 0.25) is 0 Å². The lowest BCUT2D eigenvalue weighted by atomic mass is 10.7. The summed E-state index contributed by atoms with van der Waals surface area (Å²) in [7, 11) is -4.76. The molecule has 0 saturated heterocycles. The van der Waals surface area contributed by atoms with Gasteiger partial charge in [-0.1, -0.05) is 0 Å². The molecule has 0 aromatic rings. The van der Waals surface area contributed by atoms with Crippen LogP contribution in [0.15, 0.2) is 0 Å². The third-order valence-electron chi connectivity index (χ3n) is 0.659. The van der Waals surface area contributed by atoms with Crippen molar-refractivity contribution in [3.05, 3.63) is 0 Å². The summed E-state index contributed by atoms with van der Waals surface area (Å²) in [6, 6.07) is 0. The van der Waals surface area contributed by atoms with E-state index in [0.717, 1.165) is 0 Å². The van der Waals surface area contributed by atoms with Crippen LogP contribution in [-0.2, 0) is 14.8 Å². The lowest BCUT2D eigenvalue weighted by molar-refractivity contribution is -0.135. The van der Waals surface area contributed by atoms with Gasteiger partial charge < -0.3 is 5.11 Å². The van der Waals surface area contributed by atoms with Crippen molar-refractivity contribution in [2.45, 2.75) is 5.76 Å². The monoisotopic (exact) mass is 189 g/mol. The van der Waals surface area contributed by atoms with Gasteiger partial charge in [0.15, 0.2) is 0 Å². The van der Waals surface area contributed by atoms with Gasteiger partial charge in [-0.25, -0.2) is 8.42 Å². The number of halogens is 2. The van der Waals surface area contributed by atoms with Crippen LogP contribution in [-0.4, -0.2) is 31.8 Å². The molecule has 0 atom stereocenters. The molecule has 0 aliphatic heterocycles. The number of carbonyl (C=O) groups is 1. The van der Waals surface area contributed by atoms with E-state index in [2.05, 4.69) is 0 Å². The highest BCUT2D eigenvalue weighted by atomic mass is 32.2.